The van der Waals surface area contributed by atoms with E-state index < -0.39 is 0 Å². The maximum atomic E-state index is 11.0. The van der Waals surface area contributed by atoms with Crippen LogP contribution in [-0.4, -0.2) is 61.1 Å². The molecule has 0 bridgehead atoms. The van der Waals surface area contributed by atoms with E-state index >= 15 is 0 Å². The van der Waals surface area contributed by atoms with Crippen LogP contribution in [-0.2, 0) is 4.65 Å². The zero-order valence-electron chi connectivity index (χ0n) is 7.41. The predicted molar refractivity (Wildman–Crippen MR) is 59.1 cm³/mol. The van der Waals surface area contributed by atoms with Gasteiger partial charge < -0.3 is 9.55 Å². The quantitative estimate of drug-likeness (QED) is 0.324. The summed E-state index contributed by atoms with van der Waals surface area (Å²) in [6.45, 7) is 4.85. The third kappa shape index (κ3) is 3.82. The van der Waals surface area contributed by atoms with E-state index in [1.54, 1.807) is 0 Å². The summed E-state index contributed by atoms with van der Waals surface area (Å²) in [7, 11) is 4.93. The number of amides is 1. The molecule has 0 aromatic rings. The molecule has 0 spiro atoms. The summed E-state index contributed by atoms with van der Waals surface area (Å²) in [5.74, 6) is 0. The highest BCUT2D eigenvalue weighted by Crippen LogP contribution is 2.05. The summed E-state index contributed by atoms with van der Waals surface area (Å²) in [5, 5.41) is 0. The third-order valence-corrected chi connectivity index (χ3v) is 2.83. The van der Waals surface area contributed by atoms with Crippen molar-refractivity contribution in [2.75, 3.05) is 39.3 Å². The number of halogens is 1. The lowest BCUT2D eigenvalue weighted by Crippen LogP contribution is -2.47. The molecule has 1 heterocycles. The molecule has 0 atom stereocenters. The Balaban J connectivity index is 2.18. The zero-order chi connectivity index (χ0) is 9.68. The molecule has 0 unspecified atom stereocenters. The van der Waals surface area contributed by atoms with Crippen molar-refractivity contribution in [1.29, 1.82) is 0 Å². The normalized spacial score (nSPS) is 19.0. The Bertz CT molecular complexity index is 174. The van der Waals surface area contributed by atoms with Gasteiger partial charge in [-0.15, -0.1) is 0 Å². The molecule has 4 nitrogen and oxygen atoms in total. The molecule has 1 aliphatic heterocycles. The van der Waals surface area contributed by atoms with E-state index in [2.05, 4.69) is 9.55 Å². The minimum atomic E-state index is 0.132. The first-order chi connectivity index (χ1) is 6.24. The molecule has 2 radical (unpaired) electrons. The van der Waals surface area contributed by atoms with Crippen molar-refractivity contribution < 1.29 is 9.45 Å². The minimum absolute atomic E-state index is 0.132. The lowest BCUT2D eigenvalue weighted by molar-refractivity contribution is 0.140. The highest BCUT2D eigenvalue weighted by atomic mass is 127. The van der Waals surface area contributed by atoms with Gasteiger partial charge in [0.2, 0.25) is 0 Å². The summed E-state index contributed by atoms with van der Waals surface area (Å²) in [5.41, 5.74) is 0. The molecule has 1 aliphatic rings. The van der Waals surface area contributed by atoms with Crippen LogP contribution in [0.15, 0.2) is 0 Å². The number of carbonyl (C=O) groups excluding carboxylic acids is 1. The van der Waals surface area contributed by atoms with Crippen LogP contribution in [0.2, 0.25) is 0 Å². The van der Waals surface area contributed by atoms with Crippen LogP contribution in [0.1, 0.15) is 0 Å². The fourth-order valence-corrected chi connectivity index (χ4v) is 1.81. The lowest BCUT2D eigenvalue weighted by atomic mass is 10.3. The highest BCUT2D eigenvalue weighted by Gasteiger charge is 2.18. The minimum Gasteiger partial charge on any atom is -0.446 e. The van der Waals surface area contributed by atoms with Crippen molar-refractivity contribution in [3.05, 3.63) is 0 Å². The van der Waals surface area contributed by atoms with Gasteiger partial charge in [0.25, 0.3) is 12.0 Å². The van der Waals surface area contributed by atoms with Crippen molar-refractivity contribution in [2.45, 2.75) is 0 Å². The Morgan fingerprint density at radius 1 is 1.38 bits per heavy atom. The molecule has 0 N–H and O–H groups in total. The molecule has 1 fully saturated rings. The molecule has 0 saturated carbocycles. The first kappa shape index (κ1) is 11.3. The lowest BCUT2D eigenvalue weighted by Gasteiger charge is -2.33. The van der Waals surface area contributed by atoms with Crippen molar-refractivity contribution in [1.82, 2.24) is 9.80 Å². The maximum Gasteiger partial charge on any atom is 0.283 e. The second kappa shape index (κ2) is 5.82. The van der Waals surface area contributed by atoms with Gasteiger partial charge in [0, 0.05) is 61.9 Å². The first-order valence-electron chi connectivity index (χ1n) is 4.22. The van der Waals surface area contributed by atoms with Gasteiger partial charge >= 0.3 is 0 Å². The van der Waals surface area contributed by atoms with Gasteiger partial charge in [-0.2, -0.15) is 0 Å². The van der Waals surface area contributed by atoms with Crippen LogP contribution < -0.4 is 0 Å². The van der Waals surface area contributed by atoms with Crippen LogP contribution in [0.25, 0.3) is 0 Å². The Kier molecular flexibility index (Phi) is 5.04. The molecule has 0 aromatic heterocycles. The topological polar surface area (TPSA) is 32.8 Å². The average molecular weight is 294 g/mol. The summed E-state index contributed by atoms with van der Waals surface area (Å²) >= 11 is 1.82. The Morgan fingerprint density at radius 2 is 2.00 bits per heavy atom. The number of piperazine rings is 1. The van der Waals surface area contributed by atoms with Gasteiger partial charge in [-0.05, 0) is 0 Å². The monoisotopic (exact) mass is 294 g/mol. The molecule has 1 saturated heterocycles. The molecule has 1 amide bonds. The van der Waals surface area contributed by atoms with Crippen molar-refractivity contribution in [3.63, 3.8) is 0 Å². The second-order valence-electron chi connectivity index (χ2n) is 2.95. The van der Waals surface area contributed by atoms with E-state index in [0.29, 0.717) is 6.61 Å². The van der Waals surface area contributed by atoms with E-state index in [9.17, 15) is 4.79 Å². The number of carbonyl (C=O) groups is 1. The number of hydrogen-bond donors (Lipinski definition) is 0. The van der Waals surface area contributed by atoms with Crippen LogP contribution in [0.5, 0.6) is 0 Å². The van der Waals surface area contributed by atoms with Crippen molar-refractivity contribution in [3.8, 4) is 0 Å². The SMILES string of the molecule is [B]OCCN1CCN(C(=O)I)CC1. The molecule has 0 aliphatic carbocycles. The molecular weight excluding hydrogens is 282 g/mol. The van der Waals surface area contributed by atoms with E-state index in [-0.39, 0.29) is 3.91 Å². The fourth-order valence-electron chi connectivity index (χ4n) is 1.33. The average Bonchev–Trinajstić information content (AvgIpc) is 2.15. The van der Waals surface area contributed by atoms with Gasteiger partial charge in [0.15, 0.2) is 0 Å². The summed E-state index contributed by atoms with van der Waals surface area (Å²) in [4.78, 5) is 15.1. The van der Waals surface area contributed by atoms with E-state index in [0.717, 1.165) is 32.7 Å². The van der Waals surface area contributed by atoms with E-state index in [4.69, 9.17) is 8.05 Å². The summed E-state index contributed by atoms with van der Waals surface area (Å²) in [6, 6.07) is 0. The summed E-state index contributed by atoms with van der Waals surface area (Å²) in [6.07, 6.45) is 0. The van der Waals surface area contributed by atoms with Gasteiger partial charge in [-0.3, -0.25) is 9.69 Å². The second-order valence-corrected chi connectivity index (χ2v) is 3.88. The van der Waals surface area contributed by atoms with E-state index in [1.165, 1.54) is 0 Å². The largest absolute Gasteiger partial charge is 0.446 e. The predicted octanol–water partition coefficient (Wildman–Crippen LogP) is 0.259. The number of hydrogen-bond acceptors (Lipinski definition) is 3. The van der Waals surface area contributed by atoms with Gasteiger partial charge in [0.1, 0.15) is 0 Å². The van der Waals surface area contributed by atoms with Crippen molar-refractivity contribution in [2.24, 2.45) is 0 Å². The molecule has 6 heteroatoms. The molecule has 0 aromatic carbocycles. The Morgan fingerprint density at radius 3 is 2.46 bits per heavy atom. The fraction of sp³-hybridized carbons (Fsp3) is 0.857. The molecule has 1 rings (SSSR count). The van der Waals surface area contributed by atoms with Crippen LogP contribution in [0, 0.1) is 0 Å². The van der Waals surface area contributed by atoms with Crippen LogP contribution >= 0.6 is 22.6 Å². The molecule has 13 heavy (non-hydrogen) atoms. The van der Waals surface area contributed by atoms with Gasteiger partial charge in [0.05, 0.1) is 0 Å². The highest BCUT2D eigenvalue weighted by molar-refractivity contribution is 14.1. The molecule has 72 valence electrons. The number of rotatable bonds is 3. The van der Waals surface area contributed by atoms with Crippen molar-refractivity contribution >= 4 is 34.6 Å². The van der Waals surface area contributed by atoms with E-state index in [1.807, 2.05) is 27.5 Å². The number of nitrogens with zero attached hydrogens (tertiary/aromatic N) is 2. The van der Waals surface area contributed by atoms with Gasteiger partial charge in [-0.25, -0.2) is 0 Å². The van der Waals surface area contributed by atoms with Crippen LogP contribution in [0.3, 0.4) is 0 Å². The van der Waals surface area contributed by atoms with Crippen LogP contribution in [0.4, 0.5) is 4.79 Å². The smallest absolute Gasteiger partial charge is 0.283 e. The molecular formula is C7H12BIN2O2. The third-order valence-electron chi connectivity index (χ3n) is 2.15. The Hall–Kier alpha value is 0.185. The first-order valence-corrected chi connectivity index (χ1v) is 5.30. The Labute approximate surface area is 93.2 Å². The van der Waals surface area contributed by atoms with Gasteiger partial charge in [-0.1, -0.05) is 0 Å². The summed E-state index contributed by atoms with van der Waals surface area (Å²) < 4.78 is 4.63. The zero-order valence-corrected chi connectivity index (χ0v) is 9.57. The standard InChI is InChI=1S/C7H12BIN2O2/c8-13-6-5-10-1-3-11(4-2-10)7(9)12/h1-6H2. The maximum absolute atomic E-state index is 11.0.